The number of alkyl halides is 2. The highest BCUT2D eigenvalue weighted by Crippen LogP contribution is 2.38. The van der Waals surface area contributed by atoms with Crippen LogP contribution in [0, 0.1) is 0 Å². The molecule has 1 fully saturated rings. The van der Waals surface area contributed by atoms with Crippen LogP contribution in [0.25, 0.3) is 0 Å². The molecule has 1 aromatic heterocycles. The number of anilines is 2. The van der Waals surface area contributed by atoms with Gasteiger partial charge in [0.2, 0.25) is 0 Å². The van der Waals surface area contributed by atoms with Gasteiger partial charge in [-0.1, -0.05) is 6.92 Å². The molecular weight excluding hydrogens is 266 g/mol. The van der Waals surface area contributed by atoms with E-state index in [-0.39, 0.29) is 6.54 Å². The molecule has 1 unspecified atom stereocenters. The molecule has 1 atom stereocenters. The summed E-state index contributed by atoms with van der Waals surface area (Å²) in [5.41, 5.74) is 0. The number of aliphatic hydroxyl groups excluding tert-OH is 1. The summed E-state index contributed by atoms with van der Waals surface area (Å²) in [5, 5.41) is 15.0. The number of rotatable bonds is 8. The summed E-state index contributed by atoms with van der Waals surface area (Å²) in [5.74, 6) is 2.28. The molecule has 0 saturated heterocycles. The topological polar surface area (TPSA) is 70.1 Å². The smallest absolute Gasteiger partial charge is 0.265 e. The lowest BCUT2D eigenvalue weighted by atomic mass is 10.3. The number of nitrogens with zero attached hydrogens (tertiary/aromatic N) is 2. The number of nitrogens with one attached hydrogen (secondary N) is 2. The van der Waals surface area contributed by atoms with Crippen LogP contribution in [-0.2, 0) is 0 Å². The first-order valence-corrected chi connectivity index (χ1v) is 6.93. The van der Waals surface area contributed by atoms with Crippen molar-refractivity contribution in [2.75, 3.05) is 23.7 Å². The van der Waals surface area contributed by atoms with E-state index in [4.69, 9.17) is 5.11 Å². The van der Waals surface area contributed by atoms with Gasteiger partial charge in [0.25, 0.3) is 6.43 Å². The summed E-state index contributed by atoms with van der Waals surface area (Å²) >= 11 is 0. The third kappa shape index (κ3) is 4.26. The number of aliphatic hydroxyl groups is 1. The lowest BCUT2D eigenvalue weighted by Crippen LogP contribution is -2.27. The van der Waals surface area contributed by atoms with Crippen molar-refractivity contribution in [3.05, 3.63) is 11.9 Å². The highest BCUT2D eigenvalue weighted by Gasteiger charge is 2.27. The van der Waals surface area contributed by atoms with Crippen molar-refractivity contribution < 1.29 is 13.9 Å². The van der Waals surface area contributed by atoms with Crippen LogP contribution in [0.2, 0.25) is 0 Å². The van der Waals surface area contributed by atoms with Gasteiger partial charge in [-0.3, -0.25) is 0 Å². The van der Waals surface area contributed by atoms with Crippen molar-refractivity contribution >= 4 is 11.6 Å². The summed E-state index contributed by atoms with van der Waals surface area (Å²) in [4.78, 5) is 8.74. The predicted octanol–water partition coefficient (Wildman–Crippen LogP) is 2.21. The van der Waals surface area contributed by atoms with Crippen LogP contribution in [0.15, 0.2) is 6.07 Å². The fourth-order valence-corrected chi connectivity index (χ4v) is 1.72. The Hall–Kier alpha value is -1.50. The molecule has 20 heavy (non-hydrogen) atoms. The van der Waals surface area contributed by atoms with Gasteiger partial charge >= 0.3 is 0 Å². The van der Waals surface area contributed by atoms with Gasteiger partial charge in [0.05, 0.1) is 0 Å². The molecule has 0 radical (unpaired) electrons. The molecule has 0 spiro atoms. The SMILES string of the molecule is CCCNc1cc(NCC(O)C(F)F)nc(C2CC2)n1. The molecule has 1 aromatic rings. The summed E-state index contributed by atoms with van der Waals surface area (Å²) in [7, 11) is 0. The molecule has 2 rings (SSSR count). The molecule has 5 nitrogen and oxygen atoms in total. The minimum Gasteiger partial charge on any atom is -0.385 e. The lowest BCUT2D eigenvalue weighted by molar-refractivity contribution is 0.00380. The molecule has 1 aliphatic rings. The van der Waals surface area contributed by atoms with E-state index in [1.165, 1.54) is 0 Å². The molecule has 3 N–H and O–H groups in total. The summed E-state index contributed by atoms with van der Waals surface area (Å²) in [6.07, 6.45) is -1.35. The summed E-state index contributed by atoms with van der Waals surface area (Å²) < 4.78 is 24.5. The van der Waals surface area contributed by atoms with E-state index in [0.717, 1.165) is 31.6 Å². The minimum absolute atomic E-state index is 0.230. The van der Waals surface area contributed by atoms with Crippen molar-refractivity contribution in [2.45, 2.75) is 44.6 Å². The maximum Gasteiger partial charge on any atom is 0.265 e. The third-order valence-corrected chi connectivity index (χ3v) is 3.03. The quantitative estimate of drug-likeness (QED) is 0.683. The second kappa shape index (κ2) is 6.78. The zero-order chi connectivity index (χ0) is 14.5. The Labute approximate surface area is 116 Å². The fourth-order valence-electron chi connectivity index (χ4n) is 1.72. The normalized spacial score (nSPS) is 16.2. The molecule has 1 heterocycles. The Bertz CT molecular complexity index is 440. The summed E-state index contributed by atoms with van der Waals surface area (Å²) in [6, 6.07) is 1.68. The Morgan fingerprint density at radius 2 is 1.95 bits per heavy atom. The first-order valence-electron chi connectivity index (χ1n) is 6.93. The molecule has 112 valence electrons. The molecule has 1 aliphatic carbocycles. The van der Waals surface area contributed by atoms with Gasteiger partial charge in [0.1, 0.15) is 23.6 Å². The van der Waals surface area contributed by atoms with Crippen molar-refractivity contribution in [2.24, 2.45) is 0 Å². The molecular formula is C13H20F2N4O. The van der Waals surface area contributed by atoms with E-state index in [0.29, 0.717) is 17.6 Å². The van der Waals surface area contributed by atoms with Gasteiger partial charge in [-0.25, -0.2) is 18.7 Å². The van der Waals surface area contributed by atoms with Gasteiger partial charge < -0.3 is 15.7 Å². The average Bonchev–Trinajstić information content (AvgIpc) is 3.26. The summed E-state index contributed by atoms with van der Waals surface area (Å²) in [6.45, 7) is 2.61. The maximum absolute atomic E-state index is 12.3. The Kier molecular flexibility index (Phi) is 5.05. The zero-order valence-electron chi connectivity index (χ0n) is 11.4. The van der Waals surface area contributed by atoms with Crippen molar-refractivity contribution in [1.29, 1.82) is 0 Å². The van der Waals surface area contributed by atoms with Gasteiger partial charge in [-0.2, -0.15) is 0 Å². The van der Waals surface area contributed by atoms with Gasteiger partial charge in [0, 0.05) is 25.1 Å². The molecule has 7 heteroatoms. The van der Waals surface area contributed by atoms with E-state index >= 15 is 0 Å². The van der Waals surface area contributed by atoms with Gasteiger partial charge in [-0.05, 0) is 19.3 Å². The first kappa shape index (κ1) is 14.9. The number of halogens is 2. The largest absolute Gasteiger partial charge is 0.385 e. The predicted molar refractivity (Wildman–Crippen MR) is 73.3 cm³/mol. The van der Waals surface area contributed by atoms with E-state index in [2.05, 4.69) is 20.6 Å². The van der Waals surface area contributed by atoms with E-state index in [1.807, 2.05) is 6.92 Å². The van der Waals surface area contributed by atoms with Crippen LogP contribution in [-0.4, -0.2) is 40.7 Å². The molecule has 1 saturated carbocycles. The van der Waals surface area contributed by atoms with Crippen LogP contribution in [0.5, 0.6) is 0 Å². The Morgan fingerprint density at radius 1 is 1.30 bits per heavy atom. The minimum atomic E-state index is -2.76. The monoisotopic (exact) mass is 286 g/mol. The lowest BCUT2D eigenvalue weighted by Gasteiger charge is -2.13. The molecule has 0 aliphatic heterocycles. The second-order valence-corrected chi connectivity index (χ2v) is 4.98. The average molecular weight is 286 g/mol. The Morgan fingerprint density at radius 3 is 2.50 bits per heavy atom. The highest BCUT2D eigenvalue weighted by molar-refractivity contribution is 5.48. The second-order valence-electron chi connectivity index (χ2n) is 4.98. The number of hydrogen-bond acceptors (Lipinski definition) is 5. The van der Waals surface area contributed by atoms with Crippen LogP contribution in [0.4, 0.5) is 20.4 Å². The number of aromatic nitrogens is 2. The molecule has 0 bridgehead atoms. The first-order chi connectivity index (χ1) is 9.60. The highest BCUT2D eigenvalue weighted by atomic mass is 19.3. The van der Waals surface area contributed by atoms with E-state index in [1.54, 1.807) is 6.07 Å². The molecule has 0 aromatic carbocycles. The zero-order valence-corrected chi connectivity index (χ0v) is 11.4. The van der Waals surface area contributed by atoms with Crippen molar-refractivity contribution in [3.63, 3.8) is 0 Å². The third-order valence-electron chi connectivity index (χ3n) is 3.03. The van der Waals surface area contributed by atoms with Crippen LogP contribution >= 0.6 is 0 Å². The fraction of sp³-hybridized carbons (Fsp3) is 0.692. The number of hydrogen-bond donors (Lipinski definition) is 3. The molecule has 0 amide bonds. The van der Waals surface area contributed by atoms with Crippen LogP contribution in [0.3, 0.4) is 0 Å². The van der Waals surface area contributed by atoms with Gasteiger partial charge in [-0.15, -0.1) is 0 Å². The maximum atomic E-state index is 12.3. The van der Waals surface area contributed by atoms with Crippen LogP contribution in [0.1, 0.15) is 37.9 Å². The Balaban J connectivity index is 2.04. The van der Waals surface area contributed by atoms with Gasteiger partial charge in [0.15, 0.2) is 0 Å². The standard InChI is InChI=1S/C13H20F2N4O/c1-2-5-16-10-6-11(17-7-9(20)12(14)15)19-13(18-10)8-3-4-8/h6,8-9,12,20H,2-5,7H2,1H3,(H2,16,17,18,19). The van der Waals surface area contributed by atoms with E-state index < -0.39 is 12.5 Å². The van der Waals surface area contributed by atoms with Crippen molar-refractivity contribution in [1.82, 2.24) is 9.97 Å². The van der Waals surface area contributed by atoms with Crippen molar-refractivity contribution in [3.8, 4) is 0 Å². The van der Waals surface area contributed by atoms with Crippen LogP contribution < -0.4 is 10.6 Å². The van der Waals surface area contributed by atoms with E-state index in [9.17, 15) is 8.78 Å².